The summed E-state index contributed by atoms with van der Waals surface area (Å²) in [6, 6.07) is 8.00. The SMILES string of the molecule is CCN(CC(=O)O)C(=O)C1(C)CCCc2ccccc21. The number of rotatable bonds is 4. The molecule has 1 atom stereocenters. The maximum atomic E-state index is 12.8. The van der Waals surface area contributed by atoms with Gasteiger partial charge in [-0.3, -0.25) is 9.59 Å². The van der Waals surface area contributed by atoms with Crippen molar-refractivity contribution in [2.24, 2.45) is 0 Å². The summed E-state index contributed by atoms with van der Waals surface area (Å²) in [7, 11) is 0. The molecule has 4 heteroatoms. The fourth-order valence-electron chi connectivity index (χ4n) is 3.11. The lowest BCUT2D eigenvalue weighted by Gasteiger charge is -2.38. The normalized spacial score (nSPS) is 21.1. The molecule has 108 valence electrons. The molecule has 0 spiro atoms. The molecular weight excluding hydrogens is 254 g/mol. The van der Waals surface area contributed by atoms with Gasteiger partial charge in [-0.1, -0.05) is 24.3 Å². The molecule has 0 saturated heterocycles. The van der Waals surface area contributed by atoms with Gasteiger partial charge in [-0.25, -0.2) is 0 Å². The second-order valence-corrected chi connectivity index (χ2v) is 5.56. The molecule has 4 nitrogen and oxygen atoms in total. The number of likely N-dealkylation sites (N-methyl/N-ethyl adjacent to an activating group) is 1. The van der Waals surface area contributed by atoms with Gasteiger partial charge in [0.15, 0.2) is 0 Å². The number of carbonyl (C=O) groups is 2. The summed E-state index contributed by atoms with van der Waals surface area (Å²) < 4.78 is 0. The number of fused-ring (bicyclic) bond motifs is 1. The van der Waals surface area contributed by atoms with E-state index in [9.17, 15) is 9.59 Å². The number of amides is 1. The Morgan fingerprint density at radius 1 is 1.35 bits per heavy atom. The molecule has 1 aromatic rings. The average molecular weight is 275 g/mol. The van der Waals surface area contributed by atoms with Gasteiger partial charge in [0.2, 0.25) is 5.91 Å². The van der Waals surface area contributed by atoms with Gasteiger partial charge in [-0.15, -0.1) is 0 Å². The second-order valence-electron chi connectivity index (χ2n) is 5.56. The Kier molecular flexibility index (Phi) is 4.12. The van der Waals surface area contributed by atoms with Crippen molar-refractivity contribution in [3.8, 4) is 0 Å². The van der Waals surface area contributed by atoms with Gasteiger partial charge in [0.25, 0.3) is 0 Å². The van der Waals surface area contributed by atoms with Crippen molar-refractivity contribution in [1.82, 2.24) is 4.90 Å². The highest BCUT2D eigenvalue weighted by Crippen LogP contribution is 2.38. The first-order chi connectivity index (χ1) is 9.49. The predicted molar refractivity (Wildman–Crippen MR) is 76.6 cm³/mol. The molecule has 0 aromatic heterocycles. The van der Waals surface area contributed by atoms with E-state index in [1.807, 2.05) is 32.0 Å². The van der Waals surface area contributed by atoms with Crippen LogP contribution < -0.4 is 0 Å². The number of nitrogens with zero attached hydrogens (tertiary/aromatic N) is 1. The third-order valence-corrected chi connectivity index (χ3v) is 4.20. The largest absolute Gasteiger partial charge is 0.480 e. The van der Waals surface area contributed by atoms with Crippen LogP contribution in [0.4, 0.5) is 0 Å². The number of benzene rings is 1. The minimum absolute atomic E-state index is 0.0745. The van der Waals surface area contributed by atoms with Crippen LogP contribution in [-0.4, -0.2) is 35.0 Å². The molecule has 0 fully saturated rings. The summed E-state index contributed by atoms with van der Waals surface area (Å²) >= 11 is 0. The van der Waals surface area contributed by atoms with E-state index in [1.54, 1.807) is 0 Å². The monoisotopic (exact) mass is 275 g/mol. The quantitative estimate of drug-likeness (QED) is 0.916. The Morgan fingerprint density at radius 3 is 2.70 bits per heavy atom. The van der Waals surface area contributed by atoms with E-state index >= 15 is 0 Å². The standard InChI is InChI=1S/C16H21NO3/c1-3-17(11-14(18)19)15(20)16(2)10-6-8-12-7-4-5-9-13(12)16/h4-5,7,9H,3,6,8,10-11H2,1-2H3,(H,18,19). The van der Waals surface area contributed by atoms with Crippen molar-refractivity contribution in [1.29, 1.82) is 0 Å². The molecule has 1 amide bonds. The molecule has 1 unspecified atom stereocenters. The Balaban J connectivity index is 2.35. The Labute approximate surface area is 119 Å². The zero-order valence-electron chi connectivity index (χ0n) is 12.1. The summed E-state index contributed by atoms with van der Waals surface area (Å²) in [4.78, 5) is 25.2. The molecule has 0 aliphatic heterocycles. The molecular formula is C16H21NO3. The summed E-state index contributed by atoms with van der Waals surface area (Å²) in [5, 5.41) is 8.95. The van der Waals surface area contributed by atoms with E-state index in [0.717, 1.165) is 24.8 Å². The summed E-state index contributed by atoms with van der Waals surface area (Å²) in [6.45, 7) is 3.95. The number of aliphatic carboxylic acids is 1. The fourth-order valence-corrected chi connectivity index (χ4v) is 3.11. The minimum Gasteiger partial charge on any atom is -0.480 e. The smallest absolute Gasteiger partial charge is 0.323 e. The molecule has 1 aliphatic carbocycles. The van der Waals surface area contributed by atoms with Crippen LogP contribution in [-0.2, 0) is 21.4 Å². The minimum atomic E-state index is -0.965. The number of hydrogen-bond acceptors (Lipinski definition) is 2. The Bertz CT molecular complexity index is 526. The summed E-state index contributed by atoms with van der Waals surface area (Å²) in [5.41, 5.74) is 1.67. The average Bonchev–Trinajstić information content (AvgIpc) is 2.44. The van der Waals surface area contributed by atoms with E-state index in [1.165, 1.54) is 10.5 Å². The van der Waals surface area contributed by atoms with E-state index in [4.69, 9.17) is 5.11 Å². The zero-order valence-corrected chi connectivity index (χ0v) is 12.1. The van der Waals surface area contributed by atoms with Crippen LogP contribution >= 0.6 is 0 Å². The van der Waals surface area contributed by atoms with Gasteiger partial charge >= 0.3 is 5.97 Å². The first kappa shape index (κ1) is 14.6. The molecule has 1 aliphatic rings. The molecule has 0 bridgehead atoms. The van der Waals surface area contributed by atoms with Gasteiger partial charge in [0.1, 0.15) is 6.54 Å². The van der Waals surface area contributed by atoms with Crippen LogP contribution in [0.2, 0.25) is 0 Å². The van der Waals surface area contributed by atoms with Gasteiger partial charge in [-0.05, 0) is 44.2 Å². The Hall–Kier alpha value is -1.84. The lowest BCUT2D eigenvalue weighted by Crippen LogP contribution is -2.48. The fraction of sp³-hybridized carbons (Fsp3) is 0.500. The number of hydrogen-bond donors (Lipinski definition) is 1. The van der Waals surface area contributed by atoms with E-state index in [-0.39, 0.29) is 12.5 Å². The van der Waals surface area contributed by atoms with Crippen molar-refractivity contribution < 1.29 is 14.7 Å². The number of carbonyl (C=O) groups excluding carboxylic acids is 1. The van der Waals surface area contributed by atoms with E-state index < -0.39 is 11.4 Å². The highest BCUT2D eigenvalue weighted by atomic mass is 16.4. The van der Waals surface area contributed by atoms with Crippen molar-refractivity contribution in [3.05, 3.63) is 35.4 Å². The first-order valence-electron chi connectivity index (χ1n) is 7.08. The molecule has 1 aromatic carbocycles. The molecule has 1 N–H and O–H groups in total. The third kappa shape index (κ3) is 2.55. The van der Waals surface area contributed by atoms with Crippen molar-refractivity contribution in [3.63, 3.8) is 0 Å². The van der Waals surface area contributed by atoms with Gasteiger partial charge < -0.3 is 10.0 Å². The third-order valence-electron chi connectivity index (χ3n) is 4.20. The second kappa shape index (κ2) is 5.65. The van der Waals surface area contributed by atoms with Gasteiger partial charge in [-0.2, -0.15) is 0 Å². The number of carboxylic acids is 1. The number of carboxylic acid groups (broad SMARTS) is 1. The summed E-state index contributed by atoms with van der Waals surface area (Å²) in [5.74, 6) is -1.04. The highest BCUT2D eigenvalue weighted by Gasteiger charge is 2.41. The Morgan fingerprint density at radius 2 is 2.05 bits per heavy atom. The molecule has 0 heterocycles. The van der Waals surface area contributed by atoms with Crippen molar-refractivity contribution in [2.75, 3.05) is 13.1 Å². The van der Waals surface area contributed by atoms with Crippen LogP contribution in [0.5, 0.6) is 0 Å². The van der Waals surface area contributed by atoms with Crippen LogP contribution in [0.3, 0.4) is 0 Å². The molecule has 2 rings (SSSR count). The maximum absolute atomic E-state index is 12.8. The molecule has 0 saturated carbocycles. The lowest BCUT2D eigenvalue weighted by molar-refractivity contribution is -0.147. The number of aryl methyl sites for hydroxylation is 1. The first-order valence-corrected chi connectivity index (χ1v) is 7.08. The van der Waals surface area contributed by atoms with Crippen LogP contribution in [0.25, 0.3) is 0 Å². The zero-order chi connectivity index (χ0) is 14.8. The van der Waals surface area contributed by atoms with E-state index in [0.29, 0.717) is 6.54 Å². The highest BCUT2D eigenvalue weighted by molar-refractivity contribution is 5.90. The lowest BCUT2D eigenvalue weighted by atomic mass is 9.70. The van der Waals surface area contributed by atoms with Crippen molar-refractivity contribution in [2.45, 2.75) is 38.5 Å². The molecule has 20 heavy (non-hydrogen) atoms. The van der Waals surface area contributed by atoms with Crippen molar-refractivity contribution >= 4 is 11.9 Å². The van der Waals surface area contributed by atoms with E-state index in [2.05, 4.69) is 6.07 Å². The van der Waals surface area contributed by atoms with Crippen LogP contribution in [0, 0.1) is 0 Å². The topological polar surface area (TPSA) is 57.6 Å². The maximum Gasteiger partial charge on any atom is 0.323 e. The van der Waals surface area contributed by atoms with Crippen LogP contribution in [0.1, 0.15) is 37.8 Å². The van der Waals surface area contributed by atoms with Gasteiger partial charge in [0.05, 0.1) is 5.41 Å². The van der Waals surface area contributed by atoms with Gasteiger partial charge in [0, 0.05) is 6.54 Å². The van der Waals surface area contributed by atoms with Crippen LogP contribution in [0.15, 0.2) is 24.3 Å². The predicted octanol–water partition coefficient (Wildman–Crippen LogP) is 2.21. The summed E-state index contributed by atoms with van der Waals surface area (Å²) in [6.07, 6.45) is 2.73. The molecule has 0 radical (unpaired) electrons.